The minimum absolute atomic E-state index is 0.328. The Morgan fingerprint density at radius 1 is 1.56 bits per heavy atom. The summed E-state index contributed by atoms with van der Waals surface area (Å²) in [6, 6.07) is 4.59. The van der Waals surface area contributed by atoms with Crippen LogP contribution >= 0.6 is 11.6 Å². The zero-order valence-electron chi connectivity index (χ0n) is 9.92. The van der Waals surface area contributed by atoms with E-state index in [1.807, 2.05) is 0 Å². The number of rotatable bonds is 3. The summed E-state index contributed by atoms with van der Waals surface area (Å²) in [5.41, 5.74) is 0.466. The molecular weight excluding hydrogens is 257 g/mol. The van der Waals surface area contributed by atoms with E-state index in [0.717, 1.165) is 17.9 Å². The molecule has 1 unspecified atom stereocenters. The van der Waals surface area contributed by atoms with E-state index in [1.54, 1.807) is 12.1 Å². The minimum atomic E-state index is -1.01. The third-order valence-electron chi connectivity index (χ3n) is 3.44. The number of aliphatic carboxylic acids is 1. The summed E-state index contributed by atoms with van der Waals surface area (Å²) >= 11 is 5.97. The molecule has 1 N–H and O–H groups in total. The summed E-state index contributed by atoms with van der Waals surface area (Å²) in [5.74, 6) is -1.77. The molecule has 0 spiro atoms. The Labute approximate surface area is 110 Å². The van der Waals surface area contributed by atoms with Crippen LogP contribution in [0.2, 0.25) is 5.02 Å². The lowest BCUT2D eigenvalue weighted by Gasteiger charge is -2.30. The highest BCUT2D eigenvalue weighted by Gasteiger charge is 2.25. The smallest absolute Gasteiger partial charge is 0.133 e. The van der Waals surface area contributed by atoms with E-state index in [-0.39, 0.29) is 5.82 Å². The molecule has 0 radical (unpaired) electrons. The first-order valence-corrected chi connectivity index (χ1v) is 6.43. The maximum absolute atomic E-state index is 13.6. The average Bonchev–Trinajstić information content (AvgIpc) is 2.34. The normalized spacial score (nSPS) is 23.9. The van der Waals surface area contributed by atoms with Crippen molar-refractivity contribution in [3.05, 3.63) is 34.6 Å². The van der Waals surface area contributed by atoms with Crippen LogP contribution in [-0.2, 0) is 11.3 Å². The first-order chi connectivity index (χ1) is 8.58. The SMILES string of the molecule is O=C([O-])[C@H]1CCC[NH+](Cc2c(F)cccc2Cl)C1. The van der Waals surface area contributed by atoms with Crippen molar-refractivity contribution in [1.82, 2.24) is 0 Å². The van der Waals surface area contributed by atoms with Crippen LogP contribution in [0.4, 0.5) is 4.39 Å². The van der Waals surface area contributed by atoms with E-state index in [2.05, 4.69) is 0 Å². The van der Waals surface area contributed by atoms with Gasteiger partial charge < -0.3 is 14.8 Å². The highest BCUT2D eigenvalue weighted by Crippen LogP contribution is 2.18. The standard InChI is InChI=1S/C13H15ClFNO2/c14-11-4-1-5-12(15)10(11)8-16-6-2-3-9(7-16)13(17)18/h1,4-5,9H,2-3,6-8H2,(H,17,18)/t9-/m0/s1. The Hall–Kier alpha value is -1.13. The molecule has 1 aromatic carbocycles. The fraction of sp³-hybridized carbons (Fsp3) is 0.462. The topological polar surface area (TPSA) is 44.6 Å². The molecule has 98 valence electrons. The lowest BCUT2D eigenvalue weighted by Crippen LogP contribution is -3.12. The third-order valence-corrected chi connectivity index (χ3v) is 3.79. The summed E-state index contributed by atoms with van der Waals surface area (Å²) in [6.45, 7) is 1.75. The number of hydrogen-bond donors (Lipinski definition) is 1. The van der Waals surface area contributed by atoms with Crippen molar-refractivity contribution >= 4 is 17.6 Å². The summed E-state index contributed by atoms with van der Waals surface area (Å²) in [7, 11) is 0. The maximum Gasteiger partial charge on any atom is 0.133 e. The van der Waals surface area contributed by atoms with Crippen LogP contribution in [0.1, 0.15) is 18.4 Å². The first kappa shape index (κ1) is 13.3. The fourth-order valence-corrected chi connectivity index (χ4v) is 2.69. The van der Waals surface area contributed by atoms with E-state index in [9.17, 15) is 14.3 Å². The van der Waals surface area contributed by atoms with Gasteiger partial charge in [-0.2, -0.15) is 0 Å². The van der Waals surface area contributed by atoms with Crippen LogP contribution in [0.3, 0.4) is 0 Å². The molecule has 3 nitrogen and oxygen atoms in total. The molecule has 1 saturated heterocycles. The second kappa shape index (κ2) is 5.67. The summed E-state index contributed by atoms with van der Waals surface area (Å²) < 4.78 is 13.6. The molecule has 0 saturated carbocycles. The Morgan fingerprint density at radius 2 is 2.33 bits per heavy atom. The molecule has 5 heteroatoms. The van der Waals surface area contributed by atoms with Crippen molar-refractivity contribution < 1.29 is 19.2 Å². The number of benzene rings is 1. The van der Waals surface area contributed by atoms with Gasteiger partial charge in [-0.05, 0) is 25.0 Å². The molecule has 1 aromatic rings. The molecule has 2 atom stereocenters. The number of likely N-dealkylation sites (tertiary alicyclic amines) is 1. The van der Waals surface area contributed by atoms with Crippen molar-refractivity contribution in [3.63, 3.8) is 0 Å². The quantitative estimate of drug-likeness (QED) is 0.843. The van der Waals surface area contributed by atoms with Gasteiger partial charge in [-0.25, -0.2) is 4.39 Å². The number of carboxylic acid groups (broad SMARTS) is 1. The van der Waals surface area contributed by atoms with Crippen LogP contribution in [0.5, 0.6) is 0 Å². The van der Waals surface area contributed by atoms with Crippen molar-refractivity contribution in [2.45, 2.75) is 19.4 Å². The van der Waals surface area contributed by atoms with Gasteiger partial charge in [0.25, 0.3) is 0 Å². The highest BCUT2D eigenvalue weighted by molar-refractivity contribution is 6.31. The monoisotopic (exact) mass is 271 g/mol. The van der Waals surface area contributed by atoms with Gasteiger partial charge in [-0.1, -0.05) is 17.7 Å². The van der Waals surface area contributed by atoms with E-state index >= 15 is 0 Å². The Balaban J connectivity index is 2.07. The molecule has 0 aromatic heterocycles. The predicted octanol–water partition coefficient (Wildman–Crippen LogP) is 0.0239. The second-order valence-corrected chi connectivity index (χ2v) is 5.15. The molecule has 1 aliphatic rings. The van der Waals surface area contributed by atoms with Gasteiger partial charge in [0.2, 0.25) is 0 Å². The lowest BCUT2D eigenvalue weighted by molar-refractivity contribution is -0.921. The van der Waals surface area contributed by atoms with E-state index < -0.39 is 11.9 Å². The van der Waals surface area contributed by atoms with Crippen molar-refractivity contribution in [1.29, 1.82) is 0 Å². The molecule has 1 heterocycles. The fourth-order valence-electron chi connectivity index (χ4n) is 2.46. The third kappa shape index (κ3) is 3.00. The summed E-state index contributed by atoms with van der Waals surface area (Å²) in [6.07, 6.45) is 1.47. The Kier molecular flexibility index (Phi) is 4.19. The summed E-state index contributed by atoms with van der Waals surface area (Å²) in [4.78, 5) is 11.9. The molecule has 0 aliphatic carbocycles. The number of carbonyl (C=O) groups excluding carboxylic acids is 1. The van der Waals surface area contributed by atoms with E-state index in [0.29, 0.717) is 30.1 Å². The van der Waals surface area contributed by atoms with Crippen molar-refractivity contribution in [3.8, 4) is 0 Å². The van der Waals surface area contributed by atoms with E-state index in [1.165, 1.54) is 6.07 Å². The Bertz CT molecular complexity index is 432. The first-order valence-electron chi connectivity index (χ1n) is 6.05. The molecule has 18 heavy (non-hydrogen) atoms. The molecule has 0 bridgehead atoms. The van der Waals surface area contributed by atoms with Gasteiger partial charge >= 0.3 is 0 Å². The van der Waals surface area contributed by atoms with Crippen molar-refractivity contribution in [2.75, 3.05) is 13.1 Å². The minimum Gasteiger partial charge on any atom is -0.550 e. The molecule has 1 aliphatic heterocycles. The van der Waals surface area contributed by atoms with Gasteiger partial charge in [0, 0.05) is 5.92 Å². The number of piperidine rings is 1. The zero-order chi connectivity index (χ0) is 13.1. The largest absolute Gasteiger partial charge is 0.550 e. The Morgan fingerprint density at radius 3 is 3.00 bits per heavy atom. The molecular formula is C13H15ClFNO2. The number of carboxylic acids is 1. The predicted molar refractivity (Wildman–Crippen MR) is 63.5 cm³/mol. The number of halogens is 2. The number of hydrogen-bond acceptors (Lipinski definition) is 2. The molecule has 0 amide bonds. The van der Waals surface area contributed by atoms with Crippen LogP contribution < -0.4 is 10.0 Å². The van der Waals surface area contributed by atoms with Crippen LogP contribution in [0.15, 0.2) is 18.2 Å². The van der Waals surface area contributed by atoms with E-state index in [4.69, 9.17) is 11.6 Å². The van der Waals surface area contributed by atoms with Crippen LogP contribution in [0.25, 0.3) is 0 Å². The number of quaternary nitrogens is 1. The second-order valence-electron chi connectivity index (χ2n) is 4.74. The lowest BCUT2D eigenvalue weighted by atomic mass is 9.98. The zero-order valence-corrected chi connectivity index (χ0v) is 10.7. The van der Waals surface area contributed by atoms with Crippen LogP contribution in [-0.4, -0.2) is 19.1 Å². The van der Waals surface area contributed by atoms with Gasteiger partial charge in [0.1, 0.15) is 12.4 Å². The maximum atomic E-state index is 13.6. The molecule has 1 fully saturated rings. The number of carbonyl (C=O) groups is 1. The molecule has 2 rings (SSSR count). The van der Waals surface area contributed by atoms with Gasteiger partial charge in [-0.3, -0.25) is 0 Å². The van der Waals surface area contributed by atoms with Crippen molar-refractivity contribution in [2.24, 2.45) is 5.92 Å². The summed E-state index contributed by atoms with van der Waals surface area (Å²) in [5, 5.41) is 11.3. The van der Waals surface area contributed by atoms with Gasteiger partial charge in [0.05, 0.1) is 29.6 Å². The average molecular weight is 272 g/mol. The van der Waals surface area contributed by atoms with Crippen LogP contribution in [0, 0.1) is 11.7 Å². The van der Waals surface area contributed by atoms with Gasteiger partial charge in [-0.15, -0.1) is 0 Å². The highest BCUT2D eigenvalue weighted by atomic mass is 35.5. The number of nitrogens with one attached hydrogen (secondary N) is 1. The van der Waals surface area contributed by atoms with Gasteiger partial charge in [0.15, 0.2) is 0 Å².